The zero-order chi connectivity index (χ0) is 12.6. The first-order valence-electron chi connectivity index (χ1n) is 5.16. The number of rotatable bonds is 1. The van der Waals surface area contributed by atoms with E-state index in [2.05, 4.69) is 0 Å². The molecule has 0 aliphatic carbocycles. The number of nitrogen functional groups attached to an aromatic ring is 1. The molecular formula is C12H13N3O2. The average molecular weight is 231 g/mol. The first kappa shape index (κ1) is 11.2. The fourth-order valence-electron chi connectivity index (χ4n) is 1.60. The topological polar surface area (TPSA) is 70.0 Å². The third kappa shape index (κ3) is 1.87. The molecule has 0 saturated carbocycles. The quantitative estimate of drug-likeness (QED) is 0.773. The summed E-state index contributed by atoms with van der Waals surface area (Å²) in [7, 11) is 1.43. The highest BCUT2D eigenvalue weighted by Crippen LogP contribution is 2.09. The zero-order valence-corrected chi connectivity index (χ0v) is 9.68. The molecule has 1 aromatic heterocycles. The second kappa shape index (κ2) is 3.93. The number of nitrogens with two attached hydrogens (primary N) is 1. The van der Waals surface area contributed by atoms with Gasteiger partial charge in [-0.1, -0.05) is 17.7 Å². The van der Waals surface area contributed by atoms with Gasteiger partial charge in [0, 0.05) is 13.1 Å². The van der Waals surface area contributed by atoms with E-state index in [1.54, 1.807) is 12.1 Å². The molecule has 0 saturated heterocycles. The summed E-state index contributed by atoms with van der Waals surface area (Å²) in [4.78, 5) is 23.3. The van der Waals surface area contributed by atoms with Crippen molar-refractivity contribution in [2.24, 2.45) is 7.05 Å². The minimum absolute atomic E-state index is 0.141. The number of aryl methyl sites for hydroxylation is 1. The van der Waals surface area contributed by atoms with Crippen LogP contribution in [0, 0.1) is 6.92 Å². The van der Waals surface area contributed by atoms with Crippen LogP contribution in [0.25, 0.3) is 5.69 Å². The van der Waals surface area contributed by atoms with E-state index in [1.807, 2.05) is 19.1 Å². The van der Waals surface area contributed by atoms with Crippen molar-refractivity contribution in [2.45, 2.75) is 6.92 Å². The molecule has 2 rings (SSSR count). The lowest BCUT2D eigenvalue weighted by Gasteiger charge is -2.10. The third-order valence-corrected chi connectivity index (χ3v) is 2.63. The van der Waals surface area contributed by atoms with E-state index in [1.165, 1.54) is 17.7 Å². The SMILES string of the molecule is Cc1ccc(-n2c(N)cc(=O)n(C)c2=O)cc1. The molecule has 0 fully saturated rings. The van der Waals surface area contributed by atoms with Gasteiger partial charge < -0.3 is 5.73 Å². The van der Waals surface area contributed by atoms with Crippen LogP contribution in [0.2, 0.25) is 0 Å². The molecule has 0 aliphatic heterocycles. The van der Waals surface area contributed by atoms with E-state index < -0.39 is 11.2 Å². The van der Waals surface area contributed by atoms with E-state index in [-0.39, 0.29) is 5.82 Å². The Morgan fingerprint density at radius 3 is 2.29 bits per heavy atom. The smallest absolute Gasteiger partial charge is 0.336 e. The molecular weight excluding hydrogens is 218 g/mol. The fourth-order valence-corrected chi connectivity index (χ4v) is 1.60. The second-order valence-electron chi connectivity index (χ2n) is 3.92. The van der Waals surface area contributed by atoms with Crippen molar-refractivity contribution in [3.63, 3.8) is 0 Å². The standard InChI is InChI=1S/C12H13N3O2/c1-8-3-5-9(6-4-8)15-10(13)7-11(16)14(2)12(15)17/h3-7H,13H2,1-2H3. The van der Waals surface area contributed by atoms with Gasteiger partial charge in [0.2, 0.25) is 0 Å². The van der Waals surface area contributed by atoms with Crippen LogP contribution in [-0.2, 0) is 7.05 Å². The Kier molecular flexibility index (Phi) is 2.59. The maximum Gasteiger partial charge on any atom is 0.336 e. The van der Waals surface area contributed by atoms with Crippen molar-refractivity contribution < 1.29 is 0 Å². The number of hydrogen-bond acceptors (Lipinski definition) is 3. The molecule has 0 radical (unpaired) electrons. The number of benzene rings is 1. The molecule has 0 unspecified atom stereocenters. The normalized spacial score (nSPS) is 10.5. The number of anilines is 1. The van der Waals surface area contributed by atoms with Gasteiger partial charge in [-0.25, -0.2) is 9.36 Å². The highest BCUT2D eigenvalue weighted by Gasteiger charge is 2.07. The highest BCUT2D eigenvalue weighted by molar-refractivity contribution is 5.42. The molecule has 88 valence electrons. The Morgan fingerprint density at radius 2 is 1.71 bits per heavy atom. The van der Waals surface area contributed by atoms with Crippen LogP contribution >= 0.6 is 0 Å². The van der Waals surface area contributed by atoms with Crippen LogP contribution in [0.4, 0.5) is 5.82 Å². The van der Waals surface area contributed by atoms with Crippen LogP contribution in [-0.4, -0.2) is 9.13 Å². The molecule has 2 N–H and O–H groups in total. The summed E-state index contributed by atoms with van der Waals surface area (Å²) in [6.45, 7) is 1.96. The number of aromatic nitrogens is 2. The first-order valence-corrected chi connectivity index (χ1v) is 5.16. The van der Waals surface area contributed by atoms with Gasteiger partial charge in [-0.05, 0) is 19.1 Å². The molecule has 0 bridgehead atoms. The van der Waals surface area contributed by atoms with E-state index in [4.69, 9.17) is 5.73 Å². The first-order chi connectivity index (χ1) is 8.00. The maximum atomic E-state index is 11.9. The summed E-state index contributed by atoms with van der Waals surface area (Å²) < 4.78 is 2.33. The van der Waals surface area contributed by atoms with E-state index in [0.29, 0.717) is 5.69 Å². The summed E-state index contributed by atoms with van der Waals surface area (Å²) in [5, 5.41) is 0. The van der Waals surface area contributed by atoms with Crippen molar-refractivity contribution in [1.29, 1.82) is 0 Å². The van der Waals surface area contributed by atoms with Gasteiger partial charge in [0.05, 0.1) is 5.69 Å². The van der Waals surface area contributed by atoms with Gasteiger partial charge in [-0.15, -0.1) is 0 Å². The Bertz CT molecular complexity index is 666. The summed E-state index contributed by atoms with van der Waals surface area (Å²) in [5.74, 6) is 0.141. The average Bonchev–Trinajstić information content (AvgIpc) is 2.29. The van der Waals surface area contributed by atoms with Crippen LogP contribution in [0.3, 0.4) is 0 Å². The zero-order valence-electron chi connectivity index (χ0n) is 9.68. The number of nitrogens with zero attached hydrogens (tertiary/aromatic N) is 2. The summed E-state index contributed by atoms with van der Waals surface area (Å²) >= 11 is 0. The summed E-state index contributed by atoms with van der Waals surface area (Å²) in [5.41, 5.74) is 6.59. The Balaban J connectivity index is 2.76. The van der Waals surface area contributed by atoms with Crippen LogP contribution < -0.4 is 17.0 Å². The molecule has 1 aromatic carbocycles. The minimum atomic E-state index is -0.446. The molecule has 5 nitrogen and oxygen atoms in total. The molecule has 17 heavy (non-hydrogen) atoms. The van der Waals surface area contributed by atoms with Gasteiger partial charge in [0.25, 0.3) is 5.56 Å². The second-order valence-corrected chi connectivity index (χ2v) is 3.92. The lowest BCUT2D eigenvalue weighted by molar-refractivity contribution is 0.735. The maximum absolute atomic E-state index is 11.9. The minimum Gasteiger partial charge on any atom is -0.385 e. The van der Waals surface area contributed by atoms with Gasteiger partial charge in [0.1, 0.15) is 5.82 Å². The van der Waals surface area contributed by atoms with Crippen molar-refractivity contribution >= 4 is 5.82 Å². The van der Waals surface area contributed by atoms with E-state index in [9.17, 15) is 9.59 Å². The molecule has 0 spiro atoms. The van der Waals surface area contributed by atoms with Crippen molar-refractivity contribution in [3.8, 4) is 5.69 Å². The Hall–Kier alpha value is -2.30. The lowest BCUT2D eigenvalue weighted by Crippen LogP contribution is -2.37. The van der Waals surface area contributed by atoms with Gasteiger partial charge in [0.15, 0.2) is 0 Å². The molecule has 5 heteroatoms. The van der Waals surface area contributed by atoms with Crippen molar-refractivity contribution in [1.82, 2.24) is 9.13 Å². The van der Waals surface area contributed by atoms with Gasteiger partial charge in [-0.2, -0.15) is 0 Å². The van der Waals surface area contributed by atoms with E-state index in [0.717, 1.165) is 10.1 Å². The Labute approximate surface area is 97.7 Å². The highest BCUT2D eigenvalue weighted by atomic mass is 16.2. The van der Waals surface area contributed by atoms with Crippen molar-refractivity contribution in [3.05, 3.63) is 56.7 Å². The molecule has 0 aliphatic rings. The van der Waals surface area contributed by atoms with Crippen molar-refractivity contribution in [2.75, 3.05) is 5.73 Å². The predicted octanol–water partition coefficient (Wildman–Crippen LogP) is 0.427. The Morgan fingerprint density at radius 1 is 1.12 bits per heavy atom. The van der Waals surface area contributed by atoms with Crippen LogP contribution in [0.15, 0.2) is 39.9 Å². The summed E-state index contributed by atoms with van der Waals surface area (Å²) in [6, 6.07) is 8.58. The van der Waals surface area contributed by atoms with E-state index >= 15 is 0 Å². The van der Waals surface area contributed by atoms with Crippen LogP contribution in [0.1, 0.15) is 5.56 Å². The third-order valence-electron chi connectivity index (χ3n) is 2.63. The van der Waals surface area contributed by atoms with Crippen LogP contribution in [0.5, 0.6) is 0 Å². The predicted molar refractivity (Wildman–Crippen MR) is 66.4 cm³/mol. The number of hydrogen-bond donors (Lipinski definition) is 1. The van der Waals surface area contributed by atoms with Gasteiger partial charge >= 0.3 is 5.69 Å². The largest absolute Gasteiger partial charge is 0.385 e. The fraction of sp³-hybridized carbons (Fsp3) is 0.167. The van der Waals surface area contributed by atoms with Gasteiger partial charge in [-0.3, -0.25) is 9.36 Å². The summed E-state index contributed by atoms with van der Waals surface area (Å²) in [6.07, 6.45) is 0. The molecule has 2 aromatic rings. The molecule has 0 atom stereocenters. The molecule has 1 heterocycles. The molecule has 0 amide bonds. The monoisotopic (exact) mass is 231 g/mol. The lowest BCUT2D eigenvalue weighted by atomic mass is 10.2.